The molecule has 2 aromatic rings. The monoisotopic (exact) mass is 216 g/mol. The van der Waals surface area contributed by atoms with Gasteiger partial charge in [0.15, 0.2) is 5.82 Å². The summed E-state index contributed by atoms with van der Waals surface area (Å²) < 4.78 is 1.53. The summed E-state index contributed by atoms with van der Waals surface area (Å²) in [6, 6.07) is 6.09. The minimum absolute atomic E-state index is 0.349. The molecule has 3 N–H and O–H groups in total. The maximum Gasteiger partial charge on any atom is 0.244 e. The number of nitrogens with one attached hydrogen (secondary N) is 1. The summed E-state index contributed by atoms with van der Waals surface area (Å²) in [6.07, 6.45) is 4.06. The number of hydrogen-bond acceptors (Lipinski definition) is 5. The first-order valence-electron chi connectivity index (χ1n) is 5.23. The molecule has 0 unspecified atom stereocenters. The number of rotatable bonds is 3. The Balaban J connectivity index is 1.91. The minimum Gasteiger partial charge on any atom is -0.368 e. The number of pyridine rings is 1. The van der Waals surface area contributed by atoms with Crippen LogP contribution in [0.4, 0.5) is 11.9 Å². The lowest BCUT2D eigenvalue weighted by atomic mass is 10.5. The van der Waals surface area contributed by atoms with E-state index in [0.717, 1.165) is 0 Å². The second-order valence-electron chi connectivity index (χ2n) is 3.81. The van der Waals surface area contributed by atoms with E-state index in [9.17, 15) is 0 Å². The third-order valence-electron chi connectivity index (χ3n) is 2.41. The van der Waals surface area contributed by atoms with Crippen molar-refractivity contribution in [2.75, 3.05) is 11.1 Å². The van der Waals surface area contributed by atoms with E-state index in [1.165, 1.54) is 17.5 Å². The first kappa shape index (κ1) is 9.14. The molecule has 0 amide bonds. The van der Waals surface area contributed by atoms with Crippen molar-refractivity contribution in [2.24, 2.45) is 0 Å². The molecule has 0 aliphatic heterocycles. The van der Waals surface area contributed by atoms with Crippen molar-refractivity contribution in [3.8, 4) is 5.82 Å². The van der Waals surface area contributed by atoms with Crippen molar-refractivity contribution in [3.05, 3.63) is 24.4 Å². The SMILES string of the molecule is Nc1nc(NC2CC2)nn1-c1ccccn1. The maximum absolute atomic E-state index is 5.78. The first-order chi connectivity index (χ1) is 7.83. The molecule has 1 fully saturated rings. The van der Waals surface area contributed by atoms with Gasteiger partial charge in [0, 0.05) is 12.2 Å². The normalized spacial score (nSPS) is 15.0. The highest BCUT2D eigenvalue weighted by molar-refractivity contribution is 5.39. The summed E-state index contributed by atoms with van der Waals surface area (Å²) in [5.74, 6) is 1.60. The van der Waals surface area contributed by atoms with Crippen LogP contribution in [0.3, 0.4) is 0 Å². The standard InChI is InChI=1S/C10H12N6/c11-9-14-10(13-7-4-5-7)15-16(9)8-3-1-2-6-12-8/h1-3,6-7H,4-5H2,(H3,11,13,14,15). The molecule has 0 atom stereocenters. The molecule has 2 aromatic heterocycles. The summed E-state index contributed by atoms with van der Waals surface area (Å²) in [5.41, 5.74) is 5.78. The molecule has 16 heavy (non-hydrogen) atoms. The van der Waals surface area contributed by atoms with Gasteiger partial charge >= 0.3 is 0 Å². The Morgan fingerprint density at radius 3 is 2.94 bits per heavy atom. The summed E-state index contributed by atoms with van der Waals surface area (Å²) in [6.45, 7) is 0. The second kappa shape index (κ2) is 3.48. The third-order valence-corrected chi connectivity index (χ3v) is 2.41. The van der Waals surface area contributed by atoms with Crippen LogP contribution in [0.25, 0.3) is 5.82 Å². The Hall–Kier alpha value is -2.11. The van der Waals surface area contributed by atoms with E-state index in [2.05, 4.69) is 20.4 Å². The molecule has 82 valence electrons. The van der Waals surface area contributed by atoms with Crippen molar-refractivity contribution in [1.29, 1.82) is 0 Å². The van der Waals surface area contributed by atoms with Crippen LogP contribution in [0.1, 0.15) is 12.8 Å². The lowest BCUT2D eigenvalue weighted by Crippen LogP contribution is -2.05. The lowest BCUT2D eigenvalue weighted by Gasteiger charge is -1.99. The van der Waals surface area contributed by atoms with Crippen LogP contribution in [-0.4, -0.2) is 25.8 Å². The van der Waals surface area contributed by atoms with Gasteiger partial charge in [-0.15, -0.1) is 5.10 Å². The topological polar surface area (TPSA) is 81.6 Å². The van der Waals surface area contributed by atoms with Gasteiger partial charge in [-0.2, -0.15) is 9.67 Å². The molecule has 1 aliphatic rings. The van der Waals surface area contributed by atoms with E-state index >= 15 is 0 Å². The van der Waals surface area contributed by atoms with Crippen molar-refractivity contribution >= 4 is 11.9 Å². The van der Waals surface area contributed by atoms with Gasteiger partial charge in [0.05, 0.1) is 0 Å². The highest BCUT2D eigenvalue weighted by Crippen LogP contribution is 2.23. The van der Waals surface area contributed by atoms with Gasteiger partial charge in [-0.3, -0.25) is 0 Å². The van der Waals surface area contributed by atoms with E-state index in [1.54, 1.807) is 6.20 Å². The first-order valence-corrected chi connectivity index (χ1v) is 5.23. The van der Waals surface area contributed by atoms with E-state index in [0.29, 0.717) is 23.8 Å². The average Bonchev–Trinajstić information content (AvgIpc) is 3.03. The van der Waals surface area contributed by atoms with Crippen LogP contribution in [0, 0.1) is 0 Å². The van der Waals surface area contributed by atoms with Gasteiger partial charge in [-0.25, -0.2) is 4.98 Å². The predicted molar refractivity (Wildman–Crippen MR) is 60.2 cm³/mol. The number of nitrogens with zero attached hydrogens (tertiary/aromatic N) is 4. The number of hydrogen-bond donors (Lipinski definition) is 2. The Labute approximate surface area is 92.5 Å². The zero-order valence-electron chi connectivity index (χ0n) is 8.67. The number of nitrogen functional groups attached to an aromatic ring is 1. The number of aromatic nitrogens is 4. The van der Waals surface area contributed by atoms with Crippen LogP contribution in [0.2, 0.25) is 0 Å². The fourth-order valence-electron chi connectivity index (χ4n) is 1.44. The van der Waals surface area contributed by atoms with Gasteiger partial charge in [0.1, 0.15) is 0 Å². The van der Waals surface area contributed by atoms with E-state index < -0.39 is 0 Å². The van der Waals surface area contributed by atoms with Crippen molar-refractivity contribution < 1.29 is 0 Å². The fraction of sp³-hybridized carbons (Fsp3) is 0.300. The Kier molecular flexibility index (Phi) is 1.99. The van der Waals surface area contributed by atoms with Crippen LogP contribution >= 0.6 is 0 Å². The summed E-state index contributed by atoms with van der Waals surface area (Å²) >= 11 is 0. The molecule has 6 heteroatoms. The molecule has 1 aliphatic carbocycles. The van der Waals surface area contributed by atoms with Crippen molar-refractivity contribution in [2.45, 2.75) is 18.9 Å². The highest BCUT2D eigenvalue weighted by Gasteiger charge is 2.23. The molecule has 2 heterocycles. The molecule has 0 bridgehead atoms. The van der Waals surface area contributed by atoms with Crippen molar-refractivity contribution in [1.82, 2.24) is 19.7 Å². The molecule has 0 saturated heterocycles. The van der Waals surface area contributed by atoms with Gasteiger partial charge in [-0.1, -0.05) is 6.07 Å². The lowest BCUT2D eigenvalue weighted by molar-refractivity contribution is 0.854. The van der Waals surface area contributed by atoms with Crippen LogP contribution in [0.5, 0.6) is 0 Å². The zero-order valence-corrected chi connectivity index (χ0v) is 8.67. The number of nitrogens with two attached hydrogens (primary N) is 1. The number of anilines is 2. The largest absolute Gasteiger partial charge is 0.368 e. The van der Waals surface area contributed by atoms with E-state index in [1.807, 2.05) is 18.2 Å². The Bertz CT molecular complexity index is 487. The van der Waals surface area contributed by atoms with E-state index in [4.69, 9.17) is 5.73 Å². The van der Waals surface area contributed by atoms with Gasteiger partial charge in [0.2, 0.25) is 11.9 Å². The quantitative estimate of drug-likeness (QED) is 0.793. The molecule has 0 spiro atoms. The molecule has 6 nitrogen and oxygen atoms in total. The molecule has 3 rings (SSSR count). The molecular formula is C10H12N6. The molecular weight excluding hydrogens is 204 g/mol. The maximum atomic E-state index is 5.78. The molecule has 1 saturated carbocycles. The average molecular weight is 216 g/mol. The van der Waals surface area contributed by atoms with Crippen LogP contribution < -0.4 is 11.1 Å². The highest BCUT2D eigenvalue weighted by atomic mass is 15.4. The molecule has 0 radical (unpaired) electrons. The zero-order chi connectivity index (χ0) is 11.0. The van der Waals surface area contributed by atoms with Crippen LogP contribution in [0.15, 0.2) is 24.4 Å². The summed E-state index contributed by atoms with van der Waals surface area (Å²) in [5, 5.41) is 7.46. The smallest absolute Gasteiger partial charge is 0.244 e. The van der Waals surface area contributed by atoms with Gasteiger partial charge in [-0.05, 0) is 25.0 Å². The summed E-state index contributed by atoms with van der Waals surface area (Å²) in [7, 11) is 0. The minimum atomic E-state index is 0.349. The molecule has 0 aromatic carbocycles. The van der Waals surface area contributed by atoms with Crippen molar-refractivity contribution in [3.63, 3.8) is 0 Å². The second-order valence-corrected chi connectivity index (χ2v) is 3.81. The van der Waals surface area contributed by atoms with Crippen LogP contribution in [-0.2, 0) is 0 Å². The van der Waals surface area contributed by atoms with Gasteiger partial charge in [0.25, 0.3) is 0 Å². The third kappa shape index (κ3) is 1.69. The Morgan fingerprint density at radius 2 is 2.25 bits per heavy atom. The summed E-state index contributed by atoms with van der Waals surface area (Å²) in [4.78, 5) is 8.32. The van der Waals surface area contributed by atoms with Gasteiger partial charge < -0.3 is 11.1 Å². The van der Waals surface area contributed by atoms with E-state index in [-0.39, 0.29) is 0 Å². The Morgan fingerprint density at radius 1 is 1.38 bits per heavy atom. The fourth-order valence-corrected chi connectivity index (χ4v) is 1.44. The predicted octanol–water partition coefficient (Wildman–Crippen LogP) is 0.819.